The second kappa shape index (κ2) is 3.44. The molecule has 0 amide bonds. The molecule has 0 saturated carbocycles. The van der Waals surface area contributed by atoms with Gasteiger partial charge in [-0.25, -0.2) is 0 Å². The molecule has 1 rings (SSSR count). The average Bonchev–Trinajstić information content (AvgIpc) is 2.03. The SMILES string of the molecule is CC(C)(C)C(O)C1=CC=CC[CH]1. The molecule has 0 spiro atoms. The van der Waals surface area contributed by atoms with E-state index in [1.165, 1.54) is 0 Å². The van der Waals surface area contributed by atoms with Crippen molar-refractivity contribution in [2.24, 2.45) is 5.41 Å². The van der Waals surface area contributed by atoms with E-state index in [-0.39, 0.29) is 11.5 Å². The van der Waals surface area contributed by atoms with Gasteiger partial charge in [0.25, 0.3) is 0 Å². The summed E-state index contributed by atoms with van der Waals surface area (Å²) in [6.45, 7) is 6.14. The molecule has 1 aliphatic carbocycles. The number of hydrogen-bond donors (Lipinski definition) is 1. The molecule has 0 saturated heterocycles. The Labute approximate surface area is 74.8 Å². The lowest BCUT2D eigenvalue weighted by Gasteiger charge is -2.28. The minimum Gasteiger partial charge on any atom is -0.388 e. The Morgan fingerprint density at radius 1 is 1.42 bits per heavy atom. The highest BCUT2D eigenvalue weighted by Crippen LogP contribution is 2.28. The molecule has 1 N–H and O–H groups in total. The highest BCUT2D eigenvalue weighted by Gasteiger charge is 2.25. The summed E-state index contributed by atoms with van der Waals surface area (Å²) < 4.78 is 0. The highest BCUT2D eigenvalue weighted by atomic mass is 16.3. The minimum absolute atomic E-state index is 0.0620. The first kappa shape index (κ1) is 9.53. The Morgan fingerprint density at radius 3 is 2.50 bits per heavy atom. The van der Waals surface area contributed by atoms with Gasteiger partial charge in [0.1, 0.15) is 0 Å². The molecule has 0 aromatic rings. The number of aliphatic hydroxyl groups is 1. The van der Waals surface area contributed by atoms with E-state index in [1.807, 2.05) is 32.9 Å². The zero-order valence-corrected chi connectivity index (χ0v) is 8.04. The van der Waals surface area contributed by atoms with E-state index in [0.29, 0.717) is 0 Å². The zero-order valence-electron chi connectivity index (χ0n) is 8.04. The Hall–Kier alpha value is -0.560. The molecule has 1 radical (unpaired) electrons. The van der Waals surface area contributed by atoms with Crippen LogP contribution in [-0.4, -0.2) is 11.2 Å². The Morgan fingerprint density at radius 2 is 2.08 bits per heavy atom. The number of hydrogen-bond acceptors (Lipinski definition) is 1. The van der Waals surface area contributed by atoms with E-state index in [4.69, 9.17) is 0 Å². The van der Waals surface area contributed by atoms with E-state index in [2.05, 4.69) is 12.5 Å². The van der Waals surface area contributed by atoms with Crippen LogP contribution in [0.2, 0.25) is 0 Å². The first-order valence-electron chi connectivity index (χ1n) is 4.40. The van der Waals surface area contributed by atoms with Crippen LogP contribution in [0, 0.1) is 11.8 Å². The average molecular weight is 165 g/mol. The first-order chi connectivity index (χ1) is 5.52. The van der Waals surface area contributed by atoms with Crippen molar-refractivity contribution in [1.82, 2.24) is 0 Å². The molecular formula is C11H17O. The molecule has 0 bridgehead atoms. The van der Waals surface area contributed by atoms with Crippen molar-refractivity contribution < 1.29 is 5.11 Å². The maximum absolute atomic E-state index is 9.88. The number of allylic oxidation sites excluding steroid dienone is 3. The van der Waals surface area contributed by atoms with E-state index in [9.17, 15) is 5.11 Å². The molecule has 1 heteroatoms. The molecule has 67 valence electrons. The smallest absolute Gasteiger partial charge is 0.0804 e. The van der Waals surface area contributed by atoms with Gasteiger partial charge in [0.05, 0.1) is 6.10 Å². The Bertz CT molecular complexity index is 206. The van der Waals surface area contributed by atoms with Gasteiger partial charge in [-0.2, -0.15) is 0 Å². The zero-order chi connectivity index (χ0) is 9.19. The minimum atomic E-state index is -0.345. The summed E-state index contributed by atoms with van der Waals surface area (Å²) in [5.74, 6) is 0. The van der Waals surface area contributed by atoms with E-state index >= 15 is 0 Å². The lowest BCUT2D eigenvalue weighted by Crippen LogP contribution is -2.28. The molecule has 0 aromatic heterocycles. The summed E-state index contributed by atoms with van der Waals surface area (Å²) in [5, 5.41) is 9.88. The van der Waals surface area contributed by atoms with Gasteiger partial charge in [-0.1, -0.05) is 39.0 Å². The van der Waals surface area contributed by atoms with Crippen LogP contribution in [0.1, 0.15) is 27.2 Å². The Balaban J connectivity index is 2.69. The molecule has 1 nitrogen and oxygen atoms in total. The van der Waals surface area contributed by atoms with Crippen LogP contribution in [0.15, 0.2) is 23.8 Å². The van der Waals surface area contributed by atoms with E-state index < -0.39 is 0 Å². The molecule has 0 fully saturated rings. The lowest BCUT2D eigenvalue weighted by molar-refractivity contribution is 0.0960. The fourth-order valence-electron chi connectivity index (χ4n) is 1.23. The largest absolute Gasteiger partial charge is 0.388 e. The topological polar surface area (TPSA) is 20.2 Å². The molecule has 0 aliphatic heterocycles. The van der Waals surface area contributed by atoms with Crippen molar-refractivity contribution in [1.29, 1.82) is 0 Å². The van der Waals surface area contributed by atoms with Crippen LogP contribution in [-0.2, 0) is 0 Å². The van der Waals surface area contributed by atoms with Gasteiger partial charge >= 0.3 is 0 Å². The normalized spacial score (nSPS) is 20.5. The van der Waals surface area contributed by atoms with Gasteiger partial charge in [-0.15, -0.1) is 0 Å². The molecule has 1 aliphatic rings. The second-order valence-corrected chi connectivity index (χ2v) is 4.30. The van der Waals surface area contributed by atoms with Crippen LogP contribution in [0.3, 0.4) is 0 Å². The third-order valence-electron chi connectivity index (χ3n) is 2.05. The van der Waals surface area contributed by atoms with E-state index in [0.717, 1.165) is 12.0 Å². The first-order valence-corrected chi connectivity index (χ1v) is 4.40. The molecule has 1 unspecified atom stereocenters. The third kappa shape index (κ3) is 2.21. The van der Waals surface area contributed by atoms with Crippen molar-refractivity contribution in [2.45, 2.75) is 33.3 Å². The van der Waals surface area contributed by atoms with Crippen LogP contribution in [0.4, 0.5) is 0 Å². The predicted octanol–water partition coefficient (Wildman–Crippen LogP) is 2.48. The summed E-state index contributed by atoms with van der Waals surface area (Å²) in [7, 11) is 0. The van der Waals surface area contributed by atoms with Crippen molar-refractivity contribution in [3.8, 4) is 0 Å². The summed E-state index contributed by atoms with van der Waals surface area (Å²) >= 11 is 0. The monoisotopic (exact) mass is 165 g/mol. The summed E-state index contributed by atoms with van der Waals surface area (Å²) in [6.07, 6.45) is 8.75. The number of aliphatic hydroxyl groups excluding tert-OH is 1. The van der Waals surface area contributed by atoms with Crippen LogP contribution < -0.4 is 0 Å². The van der Waals surface area contributed by atoms with Gasteiger partial charge in [-0.3, -0.25) is 0 Å². The molecular weight excluding hydrogens is 148 g/mol. The van der Waals surface area contributed by atoms with Gasteiger partial charge in [0, 0.05) is 0 Å². The fraction of sp³-hybridized carbons (Fsp3) is 0.545. The molecule has 12 heavy (non-hydrogen) atoms. The predicted molar refractivity (Wildman–Crippen MR) is 51.6 cm³/mol. The molecule has 0 aromatic carbocycles. The van der Waals surface area contributed by atoms with Crippen molar-refractivity contribution in [3.05, 3.63) is 30.2 Å². The lowest BCUT2D eigenvalue weighted by atomic mass is 9.82. The summed E-state index contributed by atoms with van der Waals surface area (Å²) in [4.78, 5) is 0. The van der Waals surface area contributed by atoms with Gasteiger partial charge in [0.2, 0.25) is 0 Å². The van der Waals surface area contributed by atoms with Gasteiger partial charge in [-0.05, 0) is 23.8 Å². The van der Waals surface area contributed by atoms with E-state index in [1.54, 1.807) is 0 Å². The van der Waals surface area contributed by atoms with Crippen molar-refractivity contribution in [3.63, 3.8) is 0 Å². The number of rotatable bonds is 1. The van der Waals surface area contributed by atoms with Crippen LogP contribution in [0.25, 0.3) is 0 Å². The summed E-state index contributed by atoms with van der Waals surface area (Å²) in [6, 6.07) is 0. The quantitative estimate of drug-likeness (QED) is 0.633. The molecule has 0 heterocycles. The van der Waals surface area contributed by atoms with Crippen LogP contribution in [0.5, 0.6) is 0 Å². The Kier molecular flexibility index (Phi) is 2.73. The summed E-state index contributed by atoms with van der Waals surface area (Å²) in [5.41, 5.74) is 0.984. The maximum atomic E-state index is 9.88. The van der Waals surface area contributed by atoms with Crippen molar-refractivity contribution >= 4 is 0 Å². The van der Waals surface area contributed by atoms with Crippen molar-refractivity contribution in [2.75, 3.05) is 0 Å². The third-order valence-corrected chi connectivity index (χ3v) is 2.05. The molecule has 1 atom stereocenters. The highest BCUT2D eigenvalue weighted by molar-refractivity contribution is 5.30. The van der Waals surface area contributed by atoms with Crippen LogP contribution >= 0.6 is 0 Å². The van der Waals surface area contributed by atoms with Gasteiger partial charge in [0.15, 0.2) is 0 Å². The standard InChI is InChI=1S/C11H17O/c1-11(2,3)10(12)9-7-5-4-6-8-9/h4-5,7-8,10,12H,6H2,1-3H3. The second-order valence-electron chi connectivity index (χ2n) is 4.30. The fourth-order valence-corrected chi connectivity index (χ4v) is 1.23. The maximum Gasteiger partial charge on any atom is 0.0804 e. The van der Waals surface area contributed by atoms with Gasteiger partial charge < -0.3 is 5.11 Å².